The van der Waals surface area contributed by atoms with Gasteiger partial charge in [-0.2, -0.15) is 5.10 Å². The van der Waals surface area contributed by atoms with Crippen molar-refractivity contribution in [3.05, 3.63) is 59.7 Å². The number of nitrogens with zero attached hydrogens (tertiary/aromatic N) is 2. The number of nitrogens with two attached hydrogens (primary N) is 1. The van der Waals surface area contributed by atoms with Gasteiger partial charge in [0.1, 0.15) is 11.5 Å². The zero-order chi connectivity index (χ0) is 18.5. The van der Waals surface area contributed by atoms with Crippen LogP contribution in [0.25, 0.3) is 0 Å². The van der Waals surface area contributed by atoms with E-state index in [2.05, 4.69) is 5.10 Å². The van der Waals surface area contributed by atoms with E-state index in [-0.39, 0.29) is 23.8 Å². The van der Waals surface area contributed by atoms with Crippen LogP contribution in [0.1, 0.15) is 22.3 Å². The summed E-state index contributed by atoms with van der Waals surface area (Å²) in [5.41, 5.74) is 7.38. The standard InChI is InChI=1S/C19H19N3O4/c1-25-14-7-8-15(19(20)24)17(11-14)26-12-18(23)22-10-9-16(21-22)13-5-3-2-4-6-13/h2-8,11H,9-10,12H2,1H3,(H2,20,24). The maximum absolute atomic E-state index is 12.4. The first kappa shape index (κ1) is 17.5. The van der Waals surface area contributed by atoms with Gasteiger partial charge in [0.25, 0.3) is 11.8 Å². The molecule has 0 fully saturated rings. The molecule has 0 radical (unpaired) electrons. The Hall–Kier alpha value is -3.35. The van der Waals surface area contributed by atoms with Crippen molar-refractivity contribution in [1.82, 2.24) is 5.01 Å². The zero-order valence-corrected chi connectivity index (χ0v) is 14.3. The fraction of sp³-hybridized carbons (Fsp3) is 0.211. The highest BCUT2D eigenvalue weighted by atomic mass is 16.5. The Balaban J connectivity index is 1.68. The summed E-state index contributed by atoms with van der Waals surface area (Å²) in [5.74, 6) is -0.227. The van der Waals surface area contributed by atoms with E-state index >= 15 is 0 Å². The molecule has 2 N–H and O–H groups in total. The van der Waals surface area contributed by atoms with Crippen LogP contribution in [0.2, 0.25) is 0 Å². The van der Waals surface area contributed by atoms with Crippen LogP contribution in [0.4, 0.5) is 0 Å². The molecule has 0 bridgehead atoms. The summed E-state index contributed by atoms with van der Waals surface area (Å²) < 4.78 is 10.6. The number of hydrazone groups is 1. The van der Waals surface area contributed by atoms with Crippen molar-refractivity contribution >= 4 is 17.5 Å². The molecule has 1 aliphatic rings. The van der Waals surface area contributed by atoms with E-state index in [9.17, 15) is 9.59 Å². The van der Waals surface area contributed by atoms with Crippen molar-refractivity contribution in [3.8, 4) is 11.5 Å². The third kappa shape index (κ3) is 3.83. The lowest BCUT2D eigenvalue weighted by Gasteiger charge is -2.14. The predicted molar refractivity (Wildman–Crippen MR) is 96.3 cm³/mol. The summed E-state index contributed by atoms with van der Waals surface area (Å²) in [4.78, 5) is 23.9. The Morgan fingerprint density at radius 3 is 2.65 bits per heavy atom. The van der Waals surface area contributed by atoms with Crippen LogP contribution in [0.15, 0.2) is 53.6 Å². The van der Waals surface area contributed by atoms with Gasteiger partial charge in [-0.1, -0.05) is 30.3 Å². The van der Waals surface area contributed by atoms with E-state index in [0.29, 0.717) is 18.7 Å². The second-order valence-corrected chi connectivity index (χ2v) is 5.69. The number of carbonyl (C=O) groups excluding carboxylic acids is 2. The van der Waals surface area contributed by atoms with E-state index in [4.69, 9.17) is 15.2 Å². The highest BCUT2D eigenvalue weighted by Crippen LogP contribution is 2.25. The Kier molecular flexibility index (Phi) is 5.17. The number of primary amides is 1. The van der Waals surface area contributed by atoms with Gasteiger partial charge in [0.15, 0.2) is 6.61 Å². The second kappa shape index (κ2) is 7.69. The molecular weight excluding hydrogens is 334 g/mol. The van der Waals surface area contributed by atoms with Gasteiger partial charge >= 0.3 is 0 Å². The van der Waals surface area contributed by atoms with Crippen molar-refractivity contribution in [2.24, 2.45) is 10.8 Å². The predicted octanol–water partition coefficient (Wildman–Crippen LogP) is 1.81. The van der Waals surface area contributed by atoms with Gasteiger partial charge in [0.2, 0.25) is 0 Å². The van der Waals surface area contributed by atoms with Crippen molar-refractivity contribution in [2.75, 3.05) is 20.3 Å². The molecule has 0 spiro atoms. The van der Waals surface area contributed by atoms with Gasteiger partial charge in [-0.3, -0.25) is 9.59 Å². The molecule has 3 rings (SSSR count). The average molecular weight is 353 g/mol. The molecule has 1 heterocycles. The van der Waals surface area contributed by atoms with Crippen molar-refractivity contribution in [3.63, 3.8) is 0 Å². The van der Waals surface area contributed by atoms with Crippen LogP contribution in [0.3, 0.4) is 0 Å². The first-order valence-corrected chi connectivity index (χ1v) is 8.12. The average Bonchev–Trinajstić information content (AvgIpc) is 3.16. The Labute approximate surface area is 151 Å². The van der Waals surface area contributed by atoms with Gasteiger partial charge in [-0.25, -0.2) is 5.01 Å². The number of hydrogen-bond acceptors (Lipinski definition) is 5. The molecule has 0 saturated carbocycles. The van der Waals surface area contributed by atoms with Gasteiger partial charge in [0.05, 0.1) is 24.9 Å². The van der Waals surface area contributed by atoms with Crippen molar-refractivity contribution < 1.29 is 19.1 Å². The highest BCUT2D eigenvalue weighted by molar-refractivity contribution is 6.02. The SMILES string of the molecule is COc1ccc(C(N)=O)c(OCC(=O)N2CCC(c3ccccc3)=N2)c1. The molecule has 0 aromatic heterocycles. The lowest BCUT2D eigenvalue weighted by Crippen LogP contribution is -2.29. The topological polar surface area (TPSA) is 94.2 Å². The molecule has 0 unspecified atom stereocenters. The molecule has 0 atom stereocenters. The maximum Gasteiger partial charge on any atom is 0.280 e. The monoisotopic (exact) mass is 353 g/mol. The number of amides is 2. The minimum absolute atomic E-state index is 0.188. The lowest BCUT2D eigenvalue weighted by molar-refractivity contribution is -0.132. The van der Waals surface area contributed by atoms with Crippen LogP contribution in [0.5, 0.6) is 11.5 Å². The number of benzene rings is 2. The minimum Gasteiger partial charge on any atom is -0.497 e. The number of ether oxygens (including phenoxy) is 2. The number of methoxy groups -OCH3 is 1. The summed E-state index contributed by atoms with van der Waals surface area (Å²) in [6, 6.07) is 14.3. The summed E-state index contributed by atoms with van der Waals surface area (Å²) in [7, 11) is 1.50. The lowest BCUT2D eigenvalue weighted by atomic mass is 10.1. The quantitative estimate of drug-likeness (QED) is 0.857. The van der Waals surface area contributed by atoms with Gasteiger partial charge in [0, 0.05) is 12.5 Å². The smallest absolute Gasteiger partial charge is 0.280 e. The van der Waals surface area contributed by atoms with Crippen molar-refractivity contribution in [1.29, 1.82) is 0 Å². The summed E-state index contributed by atoms with van der Waals surface area (Å²) in [6.07, 6.45) is 0.682. The highest BCUT2D eigenvalue weighted by Gasteiger charge is 2.22. The molecule has 26 heavy (non-hydrogen) atoms. The fourth-order valence-corrected chi connectivity index (χ4v) is 2.64. The van der Waals surface area contributed by atoms with Crippen molar-refractivity contribution in [2.45, 2.75) is 6.42 Å². The van der Waals surface area contributed by atoms with E-state index in [1.54, 1.807) is 6.07 Å². The van der Waals surface area contributed by atoms with Crippen LogP contribution < -0.4 is 15.2 Å². The first-order chi connectivity index (χ1) is 12.6. The van der Waals surface area contributed by atoms with Crippen LogP contribution in [-0.4, -0.2) is 42.8 Å². The Morgan fingerprint density at radius 2 is 1.96 bits per heavy atom. The van der Waals surface area contributed by atoms with Gasteiger partial charge in [-0.05, 0) is 17.7 Å². The molecule has 7 nitrogen and oxygen atoms in total. The van der Waals surface area contributed by atoms with E-state index in [0.717, 1.165) is 11.3 Å². The third-order valence-corrected chi connectivity index (χ3v) is 4.00. The summed E-state index contributed by atoms with van der Waals surface area (Å²) >= 11 is 0. The molecule has 134 valence electrons. The van der Waals surface area contributed by atoms with Crippen LogP contribution >= 0.6 is 0 Å². The number of carbonyl (C=O) groups is 2. The number of rotatable bonds is 6. The fourth-order valence-electron chi connectivity index (χ4n) is 2.64. The first-order valence-electron chi connectivity index (χ1n) is 8.12. The summed E-state index contributed by atoms with van der Waals surface area (Å²) in [6.45, 7) is 0.242. The Bertz CT molecular complexity index is 849. The van der Waals surface area contributed by atoms with Crippen LogP contribution in [-0.2, 0) is 4.79 Å². The molecule has 2 aromatic carbocycles. The Morgan fingerprint density at radius 1 is 1.19 bits per heavy atom. The molecule has 0 saturated heterocycles. The molecular formula is C19H19N3O4. The minimum atomic E-state index is -0.638. The zero-order valence-electron chi connectivity index (χ0n) is 14.3. The maximum atomic E-state index is 12.4. The van der Waals surface area contributed by atoms with Crippen LogP contribution in [0, 0.1) is 0 Å². The van der Waals surface area contributed by atoms with E-state index < -0.39 is 5.91 Å². The summed E-state index contributed by atoms with van der Waals surface area (Å²) in [5, 5.41) is 5.75. The third-order valence-electron chi connectivity index (χ3n) is 4.00. The normalized spacial score (nSPS) is 13.3. The van der Waals surface area contributed by atoms with E-state index in [1.807, 2.05) is 30.3 Å². The molecule has 7 heteroatoms. The second-order valence-electron chi connectivity index (χ2n) is 5.69. The largest absolute Gasteiger partial charge is 0.497 e. The van der Waals surface area contributed by atoms with Gasteiger partial charge < -0.3 is 15.2 Å². The molecule has 2 amide bonds. The number of hydrogen-bond donors (Lipinski definition) is 1. The molecule has 0 aliphatic carbocycles. The van der Waals surface area contributed by atoms with Gasteiger partial charge in [-0.15, -0.1) is 0 Å². The molecule has 1 aliphatic heterocycles. The van der Waals surface area contributed by atoms with E-state index in [1.165, 1.54) is 24.3 Å². The molecule has 2 aromatic rings.